The standard InChI is InChI=1S/C10H12BrFN2/c11-8-2-1-4-14-10(8)7-3-5-13-6-9(7)12/h1-2,4,7,9,13H,3,5-6H2. The Balaban J connectivity index is 2.25. The summed E-state index contributed by atoms with van der Waals surface area (Å²) in [5.41, 5.74) is 0.849. The molecule has 2 heterocycles. The second-order valence-electron chi connectivity index (χ2n) is 3.49. The molecule has 0 amide bonds. The summed E-state index contributed by atoms with van der Waals surface area (Å²) in [6.07, 6.45) is 1.71. The van der Waals surface area contributed by atoms with Crippen LogP contribution in [0, 0.1) is 0 Å². The van der Waals surface area contributed by atoms with Crippen LogP contribution in [0.15, 0.2) is 22.8 Å². The smallest absolute Gasteiger partial charge is 0.121 e. The minimum atomic E-state index is -0.824. The van der Waals surface area contributed by atoms with E-state index in [-0.39, 0.29) is 5.92 Å². The van der Waals surface area contributed by atoms with Crippen molar-refractivity contribution in [3.05, 3.63) is 28.5 Å². The zero-order valence-electron chi connectivity index (χ0n) is 7.71. The Labute approximate surface area is 91.1 Å². The van der Waals surface area contributed by atoms with Gasteiger partial charge in [0.2, 0.25) is 0 Å². The summed E-state index contributed by atoms with van der Waals surface area (Å²) in [5.74, 6) is -0.0631. The molecule has 1 aliphatic heterocycles. The van der Waals surface area contributed by atoms with Gasteiger partial charge >= 0.3 is 0 Å². The number of halogens is 2. The van der Waals surface area contributed by atoms with E-state index >= 15 is 0 Å². The van der Waals surface area contributed by atoms with Crippen molar-refractivity contribution in [2.24, 2.45) is 0 Å². The normalized spacial score (nSPS) is 27.6. The number of aromatic nitrogens is 1. The lowest BCUT2D eigenvalue weighted by Crippen LogP contribution is -2.37. The Morgan fingerprint density at radius 2 is 2.43 bits per heavy atom. The fourth-order valence-electron chi connectivity index (χ4n) is 1.80. The predicted octanol–water partition coefficient (Wildman–Crippen LogP) is 2.26. The van der Waals surface area contributed by atoms with Gasteiger partial charge in [-0.2, -0.15) is 0 Å². The number of hydrogen-bond donors (Lipinski definition) is 1. The highest BCUT2D eigenvalue weighted by molar-refractivity contribution is 9.10. The lowest BCUT2D eigenvalue weighted by atomic mass is 9.92. The van der Waals surface area contributed by atoms with Crippen molar-refractivity contribution >= 4 is 15.9 Å². The summed E-state index contributed by atoms with van der Waals surface area (Å²) in [5, 5.41) is 3.04. The van der Waals surface area contributed by atoms with Crippen molar-refractivity contribution in [3.63, 3.8) is 0 Å². The summed E-state index contributed by atoms with van der Waals surface area (Å²) in [7, 11) is 0. The van der Waals surface area contributed by atoms with E-state index in [0.29, 0.717) is 6.54 Å². The van der Waals surface area contributed by atoms with Crippen molar-refractivity contribution in [3.8, 4) is 0 Å². The van der Waals surface area contributed by atoms with E-state index in [9.17, 15) is 4.39 Å². The second-order valence-corrected chi connectivity index (χ2v) is 4.34. The Bertz CT molecular complexity index is 319. The largest absolute Gasteiger partial charge is 0.314 e. The molecule has 0 radical (unpaired) electrons. The first-order valence-corrected chi connectivity index (χ1v) is 5.53. The van der Waals surface area contributed by atoms with Crippen LogP contribution < -0.4 is 5.32 Å². The highest BCUT2D eigenvalue weighted by Gasteiger charge is 2.28. The molecule has 4 heteroatoms. The van der Waals surface area contributed by atoms with Gasteiger partial charge in [-0.15, -0.1) is 0 Å². The molecule has 1 saturated heterocycles. The van der Waals surface area contributed by atoms with Crippen LogP contribution in [0.2, 0.25) is 0 Å². The molecule has 0 saturated carbocycles. The first kappa shape index (κ1) is 10.1. The number of rotatable bonds is 1. The zero-order chi connectivity index (χ0) is 9.97. The minimum absolute atomic E-state index is 0.0631. The van der Waals surface area contributed by atoms with Gasteiger partial charge < -0.3 is 5.32 Å². The highest BCUT2D eigenvalue weighted by atomic mass is 79.9. The molecule has 1 aromatic rings. The molecule has 1 fully saturated rings. The number of pyridine rings is 1. The van der Waals surface area contributed by atoms with Crippen LogP contribution in [0.3, 0.4) is 0 Å². The highest BCUT2D eigenvalue weighted by Crippen LogP contribution is 2.30. The molecule has 0 aromatic carbocycles. The van der Waals surface area contributed by atoms with Crippen LogP contribution in [-0.2, 0) is 0 Å². The molecule has 0 aliphatic carbocycles. The van der Waals surface area contributed by atoms with E-state index < -0.39 is 6.17 Å². The predicted molar refractivity (Wildman–Crippen MR) is 57.1 cm³/mol. The quantitative estimate of drug-likeness (QED) is 0.836. The lowest BCUT2D eigenvalue weighted by molar-refractivity contribution is 0.228. The Hall–Kier alpha value is -0.480. The molecule has 2 rings (SSSR count). The van der Waals surface area contributed by atoms with Gasteiger partial charge in [0, 0.05) is 23.1 Å². The lowest BCUT2D eigenvalue weighted by Gasteiger charge is -2.26. The fourth-order valence-corrected chi connectivity index (χ4v) is 2.35. The van der Waals surface area contributed by atoms with Crippen LogP contribution >= 0.6 is 15.9 Å². The van der Waals surface area contributed by atoms with Gasteiger partial charge in [-0.25, -0.2) is 4.39 Å². The third-order valence-electron chi connectivity index (χ3n) is 2.55. The van der Waals surface area contributed by atoms with Crippen LogP contribution in [0.5, 0.6) is 0 Å². The molecule has 76 valence electrons. The van der Waals surface area contributed by atoms with Gasteiger partial charge in [0.15, 0.2) is 0 Å². The number of alkyl halides is 1. The maximum Gasteiger partial charge on any atom is 0.121 e. The van der Waals surface area contributed by atoms with Gasteiger partial charge in [-0.05, 0) is 41.0 Å². The average Bonchev–Trinajstić information content (AvgIpc) is 2.20. The van der Waals surface area contributed by atoms with Crippen molar-refractivity contribution < 1.29 is 4.39 Å². The van der Waals surface area contributed by atoms with E-state index in [1.165, 1.54) is 0 Å². The molecule has 0 spiro atoms. The van der Waals surface area contributed by atoms with Crippen LogP contribution in [0.4, 0.5) is 4.39 Å². The first-order chi connectivity index (χ1) is 6.79. The maximum absolute atomic E-state index is 13.6. The molecule has 0 bridgehead atoms. The van der Waals surface area contributed by atoms with Crippen molar-refractivity contribution in [2.45, 2.75) is 18.5 Å². The molecular weight excluding hydrogens is 247 g/mol. The number of piperidine rings is 1. The van der Waals surface area contributed by atoms with Gasteiger partial charge in [0.25, 0.3) is 0 Å². The number of nitrogens with one attached hydrogen (secondary N) is 1. The minimum Gasteiger partial charge on any atom is -0.314 e. The molecule has 2 atom stereocenters. The van der Waals surface area contributed by atoms with E-state index in [4.69, 9.17) is 0 Å². The summed E-state index contributed by atoms with van der Waals surface area (Å²) < 4.78 is 14.5. The van der Waals surface area contributed by atoms with E-state index in [1.54, 1.807) is 6.20 Å². The molecule has 1 aromatic heterocycles. The Kier molecular flexibility index (Phi) is 3.13. The number of nitrogens with zero attached hydrogens (tertiary/aromatic N) is 1. The summed E-state index contributed by atoms with van der Waals surface area (Å²) in [6.45, 7) is 1.31. The third kappa shape index (κ3) is 1.96. The van der Waals surface area contributed by atoms with Crippen LogP contribution in [0.25, 0.3) is 0 Å². The van der Waals surface area contributed by atoms with E-state index in [0.717, 1.165) is 23.1 Å². The van der Waals surface area contributed by atoms with Gasteiger partial charge in [0.1, 0.15) is 6.17 Å². The third-order valence-corrected chi connectivity index (χ3v) is 3.22. The van der Waals surface area contributed by atoms with Crippen molar-refractivity contribution in [1.82, 2.24) is 10.3 Å². The molecular formula is C10H12BrFN2. The van der Waals surface area contributed by atoms with Crippen molar-refractivity contribution in [2.75, 3.05) is 13.1 Å². The van der Waals surface area contributed by atoms with Crippen LogP contribution in [-0.4, -0.2) is 24.2 Å². The average molecular weight is 259 g/mol. The number of hydrogen-bond acceptors (Lipinski definition) is 2. The maximum atomic E-state index is 13.6. The SMILES string of the molecule is FC1CNCCC1c1ncccc1Br. The zero-order valence-corrected chi connectivity index (χ0v) is 9.30. The summed E-state index contributed by atoms with van der Waals surface area (Å²) >= 11 is 3.41. The van der Waals surface area contributed by atoms with Gasteiger partial charge in [0.05, 0.1) is 5.69 Å². The summed E-state index contributed by atoms with van der Waals surface area (Å²) in [6, 6.07) is 3.76. The van der Waals surface area contributed by atoms with Crippen molar-refractivity contribution in [1.29, 1.82) is 0 Å². The molecule has 2 unspecified atom stereocenters. The monoisotopic (exact) mass is 258 g/mol. The molecule has 1 N–H and O–H groups in total. The van der Waals surface area contributed by atoms with E-state index in [2.05, 4.69) is 26.2 Å². The van der Waals surface area contributed by atoms with Gasteiger partial charge in [-0.3, -0.25) is 4.98 Å². The van der Waals surface area contributed by atoms with E-state index in [1.807, 2.05) is 12.1 Å². The Morgan fingerprint density at radius 1 is 1.57 bits per heavy atom. The van der Waals surface area contributed by atoms with Gasteiger partial charge in [-0.1, -0.05) is 0 Å². The molecule has 2 nitrogen and oxygen atoms in total. The second kappa shape index (κ2) is 4.36. The molecule has 14 heavy (non-hydrogen) atoms. The molecule has 1 aliphatic rings. The topological polar surface area (TPSA) is 24.9 Å². The fraction of sp³-hybridized carbons (Fsp3) is 0.500. The Morgan fingerprint density at radius 3 is 3.14 bits per heavy atom. The van der Waals surface area contributed by atoms with Crippen LogP contribution in [0.1, 0.15) is 18.0 Å². The first-order valence-electron chi connectivity index (χ1n) is 4.74. The summed E-state index contributed by atoms with van der Waals surface area (Å²) in [4.78, 5) is 4.24.